The molecule has 0 amide bonds. The van der Waals surface area contributed by atoms with E-state index in [4.69, 9.17) is 37.8 Å². The molecule has 2 N–H and O–H groups in total. The van der Waals surface area contributed by atoms with E-state index >= 15 is 0 Å². The molecule has 2 unspecified atom stereocenters. The molecule has 0 saturated heterocycles. The van der Waals surface area contributed by atoms with Gasteiger partial charge in [0, 0.05) is 37.5 Å². The molecule has 0 spiro atoms. The molecule has 2 atom stereocenters. The molecule has 4 rings (SSSR count). The highest BCUT2D eigenvalue weighted by Gasteiger charge is 2.38. The van der Waals surface area contributed by atoms with Gasteiger partial charge in [0.1, 0.15) is 11.4 Å². The number of aryl methyl sites for hydroxylation is 2. The zero-order valence-corrected chi connectivity index (χ0v) is 25.2. The van der Waals surface area contributed by atoms with E-state index in [0.717, 1.165) is 11.1 Å². The van der Waals surface area contributed by atoms with Crippen LogP contribution in [0, 0.1) is 13.8 Å². The number of hydrogen-bond acceptors (Lipinski definition) is 9. The van der Waals surface area contributed by atoms with Crippen molar-refractivity contribution in [3.8, 4) is 17.1 Å². The molecular weight excluding hydrogens is 638 g/mol. The number of anilines is 1. The Balaban J connectivity index is 0.000000646. The third-order valence-electron chi connectivity index (χ3n) is 5.66. The lowest BCUT2D eigenvalue weighted by Gasteiger charge is -2.22. The van der Waals surface area contributed by atoms with Crippen LogP contribution in [0.4, 0.5) is 19.1 Å². The first-order valence-corrected chi connectivity index (χ1v) is 14.3. The van der Waals surface area contributed by atoms with Crippen molar-refractivity contribution in [2.24, 2.45) is 0 Å². The van der Waals surface area contributed by atoms with Gasteiger partial charge >= 0.3 is 12.1 Å². The Morgan fingerprint density at radius 2 is 1.63 bits per heavy atom. The predicted octanol–water partition coefficient (Wildman–Crippen LogP) is 5.19. The van der Waals surface area contributed by atoms with Gasteiger partial charge in [-0.15, -0.1) is 10.2 Å². The zero-order chi connectivity index (χ0) is 32.1. The Kier molecular flexibility index (Phi) is 10.7. The van der Waals surface area contributed by atoms with E-state index < -0.39 is 33.5 Å². The van der Waals surface area contributed by atoms with E-state index in [2.05, 4.69) is 29.9 Å². The lowest BCUT2D eigenvalue weighted by atomic mass is 10.2. The van der Waals surface area contributed by atoms with E-state index in [9.17, 15) is 21.6 Å². The highest BCUT2D eigenvalue weighted by Crippen LogP contribution is 2.35. The number of aromatic nitrogens is 6. The van der Waals surface area contributed by atoms with Gasteiger partial charge in [0.25, 0.3) is 0 Å². The number of methoxy groups -OCH3 is 1. The Morgan fingerprint density at radius 3 is 2.14 bits per heavy atom. The van der Waals surface area contributed by atoms with Gasteiger partial charge in [0.05, 0.1) is 15.7 Å². The highest BCUT2D eigenvalue weighted by atomic mass is 35.5. The molecule has 230 valence electrons. The van der Waals surface area contributed by atoms with Crippen LogP contribution in [0.3, 0.4) is 0 Å². The summed E-state index contributed by atoms with van der Waals surface area (Å²) in [7, 11) is -2.70. The fourth-order valence-corrected chi connectivity index (χ4v) is 5.27. The number of alkyl halides is 3. The van der Waals surface area contributed by atoms with Gasteiger partial charge in [0.2, 0.25) is 16.0 Å². The topological polar surface area (TPSA) is 162 Å². The molecule has 3 heterocycles. The number of carboxylic acids is 1. The van der Waals surface area contributed by atoms with Gasteiger partial charge in [-0.2, -0.15) is 13.2 Å². The van der Waals surface area contributed by atoms with Crippen LogP contribution in [-0.2, 0) is 19.6 Å². The summed E-state index contributed by atoms with van der Waals surface area (Å²) in [5, 5.41) is 14.9. The van der Waals surface area contributed by atoms with E-state index in [1.165, 1.54) is 18.6 Å². The van der Waals surface area contributed by atoms with Crippen molar-refractivity contribution in [2.75, 3.05) is 11.8 Å². The van der Waals surface area contributed by atoms with Crippen LogP contribution in [0.25, 0.3) is 17.1 Å². The van der Waals surface area contributed by atoms with Crippen LogP contribution in [0.5, 0.6) is 0 Å². The number of carboxylic acid groups (broad SMARTS) is 1. The number of nitrogens with one attached hydrogen (secondary N) is 1. The fraction of sp³-hybridized carbons (Fsp3) is 0.280. The molecule has 4 aromatic rings. The summed E-state index contributed by atoms with van der Waals surface area (Å²) in [4.78, 5) is 21.6. The molecule has 0 saturated carbocycles. The number of halogens is 5. The summed E-state index contributed by atoms with van der Waals surface area (Å²) in [6.45, 7) is 5.21. The number of ether oxygens (including phenoxy) is 1. The van der Waals surface area contributed by atoms with E-state index in [-0.39, 0.29) is 21.8 Å². The quantitative estimate of drug-likeness (QED) is 0.257. The maximum Gasteiger partial charge on any atom is 0.490 e. The summed E-state index contributed by atoms with van der Waals surface area (Å²) < 4.78 is 68.2. The lowest BCUT2D eigenvalue weighted by molar-refractivity contribution is -0.192. The van der Waals surface area contributed by atoms with Crippen molar-refractivity contribution in [3.05, 3.63) is 76.0 Å². The van der Waals surface area contributed by atoms with Crippen LogP contribution in [0.15, 0.2) is 49.1 Å². The van der Waals surface area contributed by atoms with Crippen molar-refractivity contribution in [1.82, 2.24) is 29.7 Å². The van der Waals surface area contributed by atoms with Crippen LogP contribution < -0.4 is 4.72 Å². The number of para-hydroxylation sites is 1. The third-order valence-corrected chi connectivity index (χ3v) is 7.96. The van der Waals surface area contributed by atoms with Gasteiger partial charge in [0.15, 0.2) is 11.6 Å². The number of aliphatic carboxylic acids is 1. The lowest BCUT2D eigenvalue weighted by Crippen LogP contribution is -2.33. The SMILES string of the molecule is COC(c1ncc(C)cn1)C(C)S(=O)(=O)Nc1nnc(-c2cncc(C)c2)n1-c1c(Cl)cccc1Cl.O=C(O)C(F)(F)F. The number of nitrogens with zero attached hydrogens (tertiary/aromatic N) is 6. The number of hydrogen-bond donors (Lipinski definition) is 2. The second kappa shape index (κ2) is 13.6. The molecule has 1 aromatic carbocycles. The molecule has 0 aliphatic heterocycles. The molecule has 0 fully saturated rings. The highest BCUT2D eigenvalue weighted by molar-refractivity contribution is 7.93. The van der Waals surface area contributed by atoms with Crippen molar-refractivity contribution in [1.29, 1.82) is 0 Å². The summed E-state index contributed by atoms with van der Waals surface area (Å²) in [5.74, 6) is -2.32. The minimum absolute atomic E-state index is 0.104. The molecule has 0 bridgehead atoms. The monoisotopic (exact) mass is 661 g/mol. The van der Waals surface area contributed by atoms with Crippen LogP contribution in [-0.4, -0.2) is 67.7 Å². The average molecular weight is 662 g/mol. The molecule has 0 radical (unpaired) electrons. The maximum absolute atomic E-state index is 13.5. The van der Waals surface area contributed by atoms with E-state index in [0.29, 0.717) is 17.1 Å². The molecule has 43 heavy (non-hydrogen) atoms. The van der Waals surface area contributed by atoms with Crippen LogP contribution in [0.2, 0.25) is 10.0 Å². The molecule has 0 aliphatic carbocycles. The number of pyridine rings is 1. The first-order valence-electron chi connectivity index (χ1n) is 12.0. The van der Waals surface area contributed by atoms with E-state index in [1.54, 1.807) is 43.0 Å². The summed E-state index contributed by atoms with van der Waals surface area (Å²) in [6, 6.07) is 6.80. The Hall–Kier alpha value is -3.86. The van der Waals surface area contributed by atoms with Crippen molar-refractivity contribution in [3.63, 3.8) is 0 Å². The van der Waals surface area contributed by atoms with Crippen molar-refractivity contribution < 1.29 is 36.2 Å². The standard InChI is InChI=1S/C23H23Cl2N7O3S.C2HF3O2/c1-13-8-16(12-26-9-13)22-29-30-23(32(22)19-17(24)6-5-7-18(19)25)31-36(33,34)15(3)20(35-4)21-27-10-14(2)11-28-21;3-2(4,5)1(6)7/h5-12,15,20H,1-4H3,(H,30,31);(H,6,7). The summed E-state index contributed by atoms with van der Waals surface area (Å²) >= 11 is 13.0. The maximum atomic E-state index is 13.5. The first kappa shape index (κ1) is 33.6. The first-order chi connectivity index (χ1) is 20.1. The predicted molar refractivity (Wildman–Crippen MR) is 152 cm³/mol. The normalized spacial score (nSPS) is 13.0. The van der Waals surface area contributed by atoms with Gasteiger partial charge in [-0.05, 0) is 50.1 Å². The second-order valence-electron chi connectivity index (χ2n) is 8.93. The summed E-state index contributed by atoms with van der Waals surface area (Å²) in [6.07, 6.45) is 0.451. The largest absolute Gasteiger partial charge is 0.490 e. The molecule has 3 aromatic heterocycles. The Morgan fingerprint density at radius 1 is 1.05 bits per heavy atom. The molecule has 0 aliphatic rings. The third kappa shape index (κ3) is 8.16. The zero-order valence-electron chi connectivity index (χ0n) is 22.8. The van der Waals surface area contributed by atoms with Gasteiger partial charge in [-0.3, -0.25) is 14.3 Å². The Bertz CT molecular complexity index is 1680. The minimum Gasteiger partial charge on any atom is -0.475 e. The molecule has 12 nitrogen and oxygen atoms in total. The average Bonchev–Trinajstić information content (AvgIpc) is 3.32. The number of benzene rings is 1. The van der Waals surface area contributed by atoms with Crippen LogP contribution >= 0.6 is 23.2 Å². The molecule has 18 heteroatoms. The van der Waals surface area contributed by atoms with Crippen molar-refractivity contribution in [2.45, 2.75) is 38.3 Å². The smallest absolute Gasteiger partial charge is 0.475 e. The number of rotatable bonds is 8. The van der Waals surface area contributed by atoms with Gasteiger partial charge in [-0.25, -0.2) is 23.2 Å². The molecular formula is C25H24Cl2F3N7O5S. The second-order valence-corrected chi connectivity index (χ2v) is 11.8. The Labute approximate surface area is 253 Å². The van der Waals surface area contributed by atoms with E-state index in [1.807, 2.05) is 19.9 Å². The van der Waals surface area contributed by atoms with Gasteiger partial charge in [-0.1, -0.05) is 29.3 Å². The van der Waals surface area contributed by atoms with Crippen molar-refractivity contribution >= 4 is 45.1 Å². The van der Waals surface area contributed by atoms with Gasteiger partial charge < -0.3 is 9.84 Å². The number of carbonyl (C=O) groups is 1. The fourth-order valence-electron chi connectivity index (χ4n) is 3.57. The minimum atomic E-state index is -5.08. The van der Waals surface area contributed by atoms with Crippen LogP contribution in [0.1, 0.15) is 30.0 Å². The summed E-state index contributed by atoms with van der Waals surface area (Å²) in [5.41, 5.74) is 2.63. The number of sulfonamides is 1.